The zero-order valence-electron chi connectivity index (χ0n) is 20.4. The normalized spacial score (nSPS) is 7.79. The number of rotatable bonds is 18. The second-order valence-electron chi connectivity index (χ2n) is 4.04. The first-order chi connectivity index (χ1) is 14.1. The van der Waals surface area contributed by atoms with Crippen LogP contribution >= 0.6 is 0 Å². The van der Waals surface area contributed by atoms with Gasteiger partial charge < -0.3 is 29.7 Å². The topological polar surface area (TPSA) is 319 Å². The van der Waals surface area contributed by atoms with Crippen LogP contribution in [0.5, 0.6) is 0 Å². The second-order valence-corrected chi connectivity index (χ2v) is 8.13. The molecular formula is C6H19Al2MgN4NaO18Si2. The van der Waals surface area contributed by atoms with E-state index in [9.17, 15) is 46.9 Å². The van der Waals surface area contributed by atoms with Gasteiger partial charge in [-0.2, -0.15) is 0 Å². The predicted molar refractivity (Wildman–Crippen MR) is 101 cm³/mol. The fraction of sp³-hybridized carbons (Fsp3) is 1.00. The molecule has 0 aromatic rings. The Morgan fingerprint density at radius 1 is 0.735 bits per heavy atom. The van der Waals surface area contributed by atoms with Gasteiger partial charge in [-0.1, -0.05) is 0 Å². The molecule has 0 aromatic heterocycles. The van der Waals surface area contributed by atoms with Crippen molar-refractivity contribution in [3.8, 4) is 0 Å². The predicted octanol–water partition coefficient (Wildman–Crippen LogP) is -7.98. The van der Waals surface area contributed by atoms with Crippen molar-refractivity contribution in [2.75, 3.05) is 39.5 Å². The van der Waals surface area contributed by atoms with Crippen molar-refractivity contribution < 1.29 is 102 Å². The Hall–Kier alpha value is -0.655. The molecular weight excluding hydrogens is 574 g/mol. The van der Waals surface area contributed by atoms with Crippen molar-refractivity contribution in [2.24, 2.45) is 0 Å². The van der Waals surface area contributed by atoms with Gasteiger partial charge >= 0.3 is 130 Å². The summed E-state index contributed by atoms with van der Waals surface area (Å²) in [4.78, 5) is 43.4. The molecule has 28 heteroatoms. The summed E-state index contributed by atoms with van der Waals surface area (Å²) in [5.41, 5.74) is 0. The van der Waals surface area contributed by atoms with Crippen molar-refractivity contribution in [2.45, 2.75) is 0 Å². The molecule has 0 spiro atoms. The summed E-state index contributed by atoms with van der Waals surface area (Å²) in [5, 5.41) is 26.8. The van der Waals surface area contributed by atoms with Gasteiger partial charge in [0.1, 0.15) is 19.8 Å². The molecule has 0 heterocycles. The summed E-state index contributed by atoms with van der Waals surface area (Å²) in [6, 6.07) is 0. The average Bonchev–Trinajstić information content (AvgIpc) is 2.61. The Morgan fingerprint density at radius 2 is 1.00 bits per heavy atom. The van der Waals surface area contributed by atoms with Crippen LogP contribution in [0, 0.1) is 30.3 Å². The zero-order valence-corrected chi connectivity index (χ0v) is 25.1. The van der Waals surface area contributed by atoms with Gasteiger partial charge in [0.05, 0.1) is 0 Å². The van der Waals surface area contributed by atoms with E-state index in [1.165, 1.54) is 4.90 Å². The molecule has 0 bridgehead atoms. The van der Waals surface area contributed by atoms with Gasteiger partial charge in [0, 0.05) is 19.6 Å². The Morgan fingerprint density at radius 3 is 1.21 bits per heavy atom. The molecule has 0 fully saturated rings. The van der Waals surface area contributed by atoms with E-state index in [0.29, 0.717) is 0 Å². The van der Waals surface area contributed by atoms with Gasteiger partial charge in [0.15, 0.2) is 0 Å². The quantitative estimate of drug-likeness (QED) is 0.0809. The van der Waals surface area contributed by atoms with Crippen LogP contribution in [0.4, 0.5) is 0 Å². The summed E-state index contributed by atoms with van der Waals surface area (Å²) >= 11 is -3.33. The minimum absolute atomic E-state index is 0. The van der Waals surface area contributed by atoms with Crippen molar-refractivity contribution in [3.63, 3.8) is 0 Å². The van der Waals surface area contributed by atoms with Crippen LogP contribution in [0.3, 0.4) is 0 Å². The molecule has 0 atom stereocenters. The van der Waals surface area contributed by atoms with Gasteiger partial charge in [-0.25, -0.2) is 0 Å². The third-order valence-corrected chi connectivity index (χ3v) is 5.91. The van der Waals surface area contributed by atoms with Crippen LogP contribution in [-0.2, 0) is 42.1 Å². The SMILES string of the molecule is O.O.O=[N+]([O-])OCCN(CCO[N+](=O)[O-])CCO[N+](=O)[O-].[H-].[H-].[H-].[Mg+2].[Na+].[O]=[Al][O][Si](=O)O[Si](=O)[O][Al]=[O]. The summed E-state index contributed by atoms with van der Waals surface area (Å²) < 4.78 is 52.0. The first kappa shape index (κ1) is 46.7. The van der Waals surface area contributed by atoms with E-state index in [2.05, 4.69) is 25.6 Å². The molecule has 0 amide bonds. The molecule has 0 unspecified atom stereocenters. The van der Waals surface area contributed by atoms with Crippen molar-refractivity contribution in [1.29, 1.82) is 0 Å². The van der Waals surface area contributed by atoms with Gasteiger partial charge in [-0.15, -0.1) is 30.3 Å². The average molecular weight is 593 g/mol. The maximum absolute atomic E-state index is 10.3. The van der Waals surface area contributed by atoms with Crippen molar-refractivity contribution in [1.82, 2.24) is 4.90 Å². The first-order valence-corrected chi connectivity index (χ1v) is 11.5. The van der Waals surface area contributed by atoms with Crippen molar-refractivity contribution >= 4 is 72.4 Å². The Bertz CT molecular complexity index is 572. The van der Waals surface area contributed by atoms with E-state index in [4.69, 9.17) is 0 Å². The number of hydrogen-bond donors (Lipinski definition) is 0. The number of nitrogens with zero attached hydrogens (tertiary/aromatic N) is 4. The van der Waals surface area contributed by atoms with Crippen LogP contribution in [0.25, 0.3) is 0 Å². The monoisotopic (exact) mass is 592 g/mol. The van der Waals surface area contributed by atoms with Crippen LogP contribution in [0.2, 0.25) is 0 Å². The zero-order chi connectivity index (χ0) is 23.4. The summed E-state index contributed by atoms with van der Waals surface area (Å²) in [6.45, 7) is -0.687. The molecule has 34 heavy (non-hydrogen) atoms. The van der Waals surface area contributed by atoms with Crippen LogP contribution in [-0.4, -0.2) is 143 Å². The van der Waals surface area contributed by atoms with Gasteiger partial charge in [-0.3, -0.25) is 4.90 Å². The van der Waals surface area contributed by atoms with E-state index < -0.39 is 64.6 Å². The molecule has 0 saturated heterocycles. The van der Waals surface area contributed by atoms with Gasteiger partial charge in [0.25, 0.3) is 15.3 Å². The van der Waals surface area contributed by atoms with Crippen LogP contribution in [0.15, 0.2) is 0 Å². The summed E-state index contributed by atoms with van der Waals surface area (Å²) in [7, 11) is -6.01. The molecule has 0 saturated carbocycles. The van der Waals surface area contributed by atoms with Gasteiger partial charge in [-0.05, 0) is 0 Å². The van der Waals surface area contributed by atoms with E-state index in [1.807, 2.05) is 0 Å². The Balaban J connectivity index is -0.0000000554. The molecule has 0 rings (SSSR count). The van der Waals surface area contributed by atoms with Crippen LogP contribution in [0.1, 0.15) is 4.28 Å². The van der Waals surface area contributed by atoms with Crippen LogP contribution < -0.4 is 29.6 Å². The molecule has 188 valence electrons. The molecule has 0 radical (unpaired) electrons. The van der Waals surface area contributed by atoms with Gasteiger partial charge in [0.2, 0.25) is 0 Å². The fourth-order valence-electron chi connectivity index (χ4n) is 1.26. The molecule has 22 nitrogen and oxygen atoms in total. The van der Waals surface area contributed by atoms with E-state index in [0.717, 1.165) is 0 Å². The van der Waals surface area contributed by atoms with Crippen molar-refractivity contribution in [3.05, 3.63) is 30.3 Å². The Labute approximate surface area is 247 Å². The third kappa shape index (κ3) is 38.6. The molecule has 0 aliphatic rings. The Kier molecular flexibility index (Phi) is 44.4. The summed E-state index contributed by atoms with van der Waals surface area (Å²) in [5.74, 6) is 0. The van der Waals surface area contributed by atoms with E-state index in [-0.39, 0.29) is 107 Å². The van der Waals surface area contributed by atoms with E-state index in [1.54, 1.807) is 0 Å². The standard InChI is InChI=1S/C6H12N4O9.2Al.Mg.Na.O5Si2.2H2O.2O.3H/c11-8(12)17-4-1-7(2-5-18-9(13)14)3-6-19-10(15)16;;;;;1-6(2)5-7(3)4;;;;;;;/h1-6H2;;;;;;2*1H2;;;;;/q;2*+1;+2;+1;-2;;;;;3*-1. The molecule has 4 N–H and O–H groups in total. The summed E-state index contributed by atoms with van der Waals surface area (Å²) in [6.07, 6.45) is 0. The maximum atomic E-state index is 10.3. The molecule has 0 aromatic carbocycles. The third-order valence-electron chi connectivity index (χ3n) is 2.27. The van der Waals surface area contributed by atoms with E-state index >= 15 is 0 Å². The second kappa shape index (κ2) is 32.3. The minimum atomic E-state index is -3.00. The molecule has 0 aliphatic heterocycles. The first-order valence-electron chi connectivity index (χ1n) is 7.13. The fourth-order valence-corrected chi connectivity index (χ4v) is 3.69. The number of hydrogen-bond acceptors (Lipinski definition) is 17. The molecule has 0 aliphatic carbocycles.